The number of benzene rings is 2. The Labute approximate surface area is 150 Å². The third-order valence-corrected chi connectivity index (χ3v) is 4.34. The highest BCUT2D eigenvalue weighted by atomic mass is 16.5. The first-order valence-corrected chi connectivity index (χ1v) is 8.45. The van der Waals surface area contributed by atoms with Gasteiger partial charge in [0.1, 0.15) is 6.54 Å². The number of hydrogen-bond acceptors (Lipinski definition) is 4. The lowest BCUT2D eigenvalue weighted by atomic mass is 10.0. The number of nitrogens with zero attached hydrogens (tertiary/aromatic N) is 1. The van der Waals surface area contributed by atoms with E-state index in [4.69, 9.17) is 4.74 Å². The van der Waals surface area contributed by atoms with E-state index >= 15 is 0 Å². The Kier molecular flexibility index (Phi) is 5.02. The molecule has 0 aliphatic rings. The fourth-order valence-electron chi connectivity index (χ4n) is 2.99. The summed E-state index contributed by atoms with van der Waals surface area (Å²) in [5, 5.41) is 2.19. The zero-order chi connectivity index (χ0) is 18.7. The molecule has 0 saturated heterocycles. The van der Waals surface area contributed by atoms with Crippen molar-refractivity contribution in [2.75, 3.05) is 6.61 Å². The van der Waals surface area contributed by atoms with Crippen molar-refractivity contribution >= 4 is 16.7 Å². The topological polar surface area (TPSA) is 81.2 Å². The van der Waals surface area contributed by atoms with Gasteiger partial charge < -0.3 is 4.74 Å². The van der Waals surface area contributed by atoms with Crippen molar-refractivity contribution in [2.24, 2.45) is 0 Å². The van der Waals surface area contributed by atoms with Crippen LogP contribution in [0.25, 0.3) is 10.8 Å². The van der Waals surface area contributed by atoms with Gasteiger partial charge in [0.25, 0.3) is 5.56 Å². The number of fused-ring (bicyclic) bond motifs is 1. The Bertz CT molecular complexity index is 1080. The summed E-state index contributed by atoms with van der Waals surface area (Å²) in [6.07, 6.45) is 0.370. The number of nitrogens with one attached hydrogen (secondary N) is 1. The van der Waals surface area contributed by atoms with Gasteiger partial charge in [0.05, 0.1) is 6.61 Å². The van der Waals surface area contributed by atoms with E-state index in [1.807, 2.05) is 42.5 Å². The van der Waals surface area contributed by atoms with E-state index in [1.165, 1.54) is 4.57 Å². The first-order valence-electron chi connectivity index (χ1n) is 8.45. The van der Waals surface area contributed by atoms with Crippen molar-refractivity contribution in [2.45, 2.75) is 26.8 Å². The molecule has 0 radical (unpaired) electrons. The van der Waals surface area contributed by atoms with Crippen molar-refractivity contribution in [3.63, 3.8) is 0 Å². The van der Waals surface area contributed by atoms with Crippen molar-refractivity contribution in [3.8, 4) is 0 Å². The monoisotopic (exact) mass is 352 g/mol. The van der Waals surface area contributed by atoms with Crippen molar-refractivity contribution in [3.05, 3.63) is 80.1 Å². The van der Waals surface area contributed by atoms with Gasteiger partial charge in [-0.2, -0.15) is 0 Å². The molecule has 0 saturated carbocycles. The van der Waals surface area contributed by atoms with E-state index in [0.29, 0.717) is 17.7 Å². The molecule has 6 heteroatoms. The molecule has 26 heavy (non-hydrogen) atoms. The minimum absolute atomic E-state index is 0.229. The Morgan fingerprint density at radius 2 is 1.85 bits per heavy atom. The average molecular weight is 352 g/mol. The summed E-state index contributed by atoms with van der Waals surface area (Å²) in [4.78, 5) is 38.4. The normalized spacial score (nSPS) is 10.8. The molecular weight excluding hydrogens is 332 g/mol. The Morgan fingerprint density at radius 1 is 1.12 bits per heavy atom. The van der Waals surface area contributed by atoms with Gasteiger partial charge in [-0.3, -0.25) is 19.1 Å². The number of hydrogen-bond donors (Lipinski definition) is 1. The summed E-state index contributed by atoms with van der Waals surface area (Å²) < 4.78 is 6.22. The van der Waals surface area contributed by atoms with Crippen LogP contribution in [0.3, 0.4) is 0 Å². The van der Waals surface area contributed by atoms with Crippen molar-refractivity contribution in [1.82, 2.24) is 9.55 Å². The summed E-state index contributed by atoms with van der Waals surface area (Å²) in [5.41, 5.74) is 0.842. The van der Waals surface area contributed by atoms with Crippen LogP contribution in [0.15, 0.2) is 52.1 Å². The van der Waals surface area contributed by atoms with E-state index in [1.54, 1.807) is 13.8 Å². The molecule has 3 aromatic rings. The molecule has 1 heterocycles. The molecule has 0 atom stereocenters. The van der Waals surface area contributed by atoms with Crippen LogP contribution in [-0.2, 0) is 22.5 Å². The molecule has 0 fully saturated rings. The average Bonchev–Trinajstić information content (AvgIpc) is 2.62. The van der Waals surface area contributed by atoms with Crippen molar-refractivity contribution in [1.29, 1.82) is 0 Å². The van der Waals surface area contributed by atoms with Crippen molar-refractivity contribution < 1.29 is 9.53 Å². The van der Waals surface area contributed by atoms with Crippen LogP contribution in [-0.4, -0.2) is 22.1 Å². The van der Waals surface area contributed by atoms with E-state index in [9.17, 15) is 14.4 Å². The van der Waals surface area contributed by atoms with Gasteiger partial charge in [0.15, 0.2) is 0 Å². The summed E-state index contributed by atoms with van der Waals surface area (Å²) in [7, 11) is 0. The number of ether oxygens (including phenoxy) is 1. The minimum atomic E-state index is -0.607. The van der Waals surface area contributed by atoms with Gasteiger partial charge in [0.2, 0.25) is 0 Å². The van der Waals surface area contributed by atoms with Crippen LogP contribution in [0.5, 0.6) is 0 Å². The van der Waals surface area contributed by atoms with Gasteiger partial charge in [-0.25, -0.2) is 4.79 Å². The Morgan fingerprint density at radius 3 is 2.58 bits per heavy atom. The summed E-state index contributed by atoms with van der Waals surface area (Å²) in [6.45, 7) is 3.36. The lowest BCUT2D eigenvalue weighted by Gasteiger charge is -2.14. The standard InChI is InChI=1S/C20H20N2O4/c1-3-26-18(23)12-22-17(13(2)19(24)21-20(22)25)11-14-8-9-15-6-4-5-7-16(15)10-14/h4-10H,3,11-12H2,1-2H3,(H,21,24,25). The molecule has 134 valence electrons. The predicted molar refractivity (Wildman–Crippen MR) is 99.4 cm³/mol. The summed E-state index contributed by atoms with van der Waals surface area (Å²) in [5.74, 6) is -0.513. The van der Waals surface area contributed by atoms with Crippen LogP contribution in [0, 0.1) is 6.92 Å². The molecule has 0 unspecified atom stereocenters. The van der Waals surface area contributed by atoms with Gasteiger partial charge in [0, 0.05) is 17.7 Å². The highest BCUT2D eigenvalue weighted by Gasteiger charge is 2.15. The van der Waals surface area contributed by atoms with Gasteiger partial charge in [-0.05, 0) is 30.2 Å². The lowest BCUT2D eigenvalue weighted by molar-refractivity contribution is -0.143. The maximum atomic E-state index is 12.3. The molecule has 3 rings (SSSR count). The number of rotatable bonds is 5. The number of aromatic nitrogens is 2. The number of aromatic amines is 1. The quantitative estimate of drug-likeness (QED) is 0.714. The molecule has 1 N–H and O–H groups in total. The molecule has 2 aromatic carbocycles. The second-order valence-corrected chi connectivity index (χ2v) is 6.08. The lowest BCUT2D eigenvalue weighted by Crippen LogP contribution is -2.36. The second-order valence-electron chi connectivity index (χ2n) is 6.08. The first-order chi connectivity index (χ1) is 12.5. The number of carbonyl (C=O) groups is 1. The molecular formula is C20H20N2O4. The van der Waals surface area contributed by atoms with E-state index in [0.717, 1.165) is 16.3 Å². The summed E-state index contributed by atoms with van der Waals surface area (Å²) >= 11 is 0. The predicted octanol–water partition coefficient (Wildman–Crippen LogP) is 2.15. The van der Waals surface area contributed by atoms with Gasteiger partial charge >= 0.3 is 11.7 Å². The molecule has 6 nitrogen and oxygen atoms in total. The van der Waals surface area contributed by atoms with Crippen LogP contribution >= 0.6 is 0 Å². The highest BCUT2D eigenvalue weighted by Crippen LogP contribution is 2.18. The second kappa shape index (κ2) is 7.39. The van der Waals surface area contributed by atoms with Crippen LogP contribution in [0.4, 0.5) is 0 Å². The zero-order valence-corrected chi connectivity index (χ0v) is 14.7. The maximum absolute atomic E-state index is 12.3. The van der Waals surface area contributed by atoms with Gasteiger partial charge in [-0.1, -0.05) is 42.5 Å². The largest absolute Gasteiger partial charge is 0.465 e. The number of esters is 1. The van der Waals surface area contributed by atoms with E-state index in [2.05, 4.69) is 4.98 Å². The third kappa shape index (κ3) is 3.59. The van der Waals surface area contributed by atoms with E-state index < -0.39 is 17.2 Å². The Hall–Kier alpha value is -3.15. The molecule has 0 spiro atoms. The van der Waals surface area contributed by atoms with Crippen LogP contribution < -0.4 is 11.2 Å². The number of H-pyrrole nitrogens is 1. The fraction of sp³-hybridized carbons (Fsp3) is 0.250. The Balaban J connectivity index is 2.05. The molecule has 0 aliphatic heterocycles. The van der Waals surface area contributed by atoms with E-state index in [-0.39, 0.29) is 13.2 Å². The van der Waals surface area contributed by atoms with Crippen LogP contribution in [0.2, 0.25) is 0 Å². The molecule has 0 amide bonds. The van der Waals surface area contributed by atoms with Gasteiger partial charge in [-0.15, -0.1) is 0 Å². The first kappa shape index (κ1) is 17.7. The third-order valence-electron chi connectivity index (χ3n) is 4.34. The SMILES string of the molecule is CCOC(=O)Cn1c(Cc2ccc3ccccc3c2)c(C)c(=O)[nH]c1=O. The molecule has 0 aliphatic carbocycles. The fourth-order valence-corrected chi connectivity index (χ4v) is 2.99. The highest BCUT2D eigenvalue weighted by molar-refractivity contribution is 5.83. The molecule has 0 bridgehead atoms. The van der Waals surface area contributed by atoms with Crippen LogP contribution in [0.1, 0.15) is 23.7 Å². The number of carbonyl (C=O) groups excluding carboxylic acids is 1. The minimum Gasteiger partial charge on any atom is -0.465 e. The zero-order valence-electron chi connectivity index (χ0n) is 14.7. The maximum Gasteiger partial charge on any atom is 0.329 e. The summed E-state index contributed by atoms with van der Waals surface area (Å²) in [6, 6.07) is 13.9. The molecule has 1 aromatic heterocycles. The smallest absolute Gasteiger partial charge is 0.329 e.